The maximum Gasteiger partial charge on any atom is 0.349 e. The summed E-state index contributed by atoms with van der Waals surface area (Å²) in [4.78, 5) is 34.4. The number of aryl methyl sites for hydroxylation is 1. The molecular weight excluding hydrogens is 336 g/mol. The highest BCUT2D eigenvalue weighted by atomic mass is 16.5. The van der Waals surface area contributed by atoms with Crippen LogP contribution in [0.4, 0.5) is 4.79 Å². The Morgan fingerprint density at radius 3 is 2.46 bits per heavy atom. The molecule has 1 unspecified atom stereocenters. The summed E-state index contributed by atoms with van der Waals surface area (Å²) in [7, 11) is 0. The molecule has 0 fully saturated rings. The zero-order chi connectivity index (χ0) is 20.0. The van der Waals surface area contributed by atoms with Gasteiger partial charge in [0.25, 0.3) is 5.91 Å². The topological polar surface area (TPSA) is 127 Å². The third-order valence-corrected chi connectivity index (χ3v) is 3.70. The molecule has 0 saturated heterocycles. The lowest BCUT2D eigenvalue weighted by molar-refractivity contribution is -0.150. The number of carbonyl (C=O) groups excluding carboxylic acids is 3. The number of primary amides is 1. The molecule has 1 aromatic rings. The van der Waals surface area contributed by atoms with Crippen molar-refractivity contribution in [3.8, 4) is 6.07 Å². The largest absolute Gasteiger partial charge is 0.448 e. The maximum absolute atomic E-state index is 12.1. The molecule has 1 heterocycles. The number of ether oxygens (including phenoxy) is 1. The molecule has 0 saturated carbocycles. The minimum atomic E-state index is -1.26. The highest BCUT2D eigenvalue weighted by Crippen LogP contribution is 2.20. The number of nitrogens with one attached hydrogen (secondary N) is 1. The monoisotopic (exact) mass is 360 g/mol. The van der Waals surface area contributed by atoms with Crippen LogP contribution in [0.25, 0.3) is 6.08 Å². The van der Waals surface area contributed by atoms with Crippen LogP contribution in [0.5, 0.6) is 0 Å². The number of imide groups is 1. The van der Waals surface area contributed by atoms with E-state index in [1.54, 1.807) is 6.07 Å². The van der Waals surface area contributed by atoms with Gasteiger partial charge in [0, 0.05) is 17.9 Å². The summed E-state index contributed by atoms with van der Waals surface area (Å²) in [5, 5.41) is 11.1. The van der Waals surface area contributed by atoms with Crippen LogP contribution in [0.3, 0.4) is 0 Å². The van der Waals surface area contributed by atoms with Gasteiger partial charge >= 0.3 is 12.0 Å². The van der Waals surface area contributed by atoms with Crippen molar-refractivity contribution in [2.24, 2.45) is 11.7 Å². The van der Waals surface area contributed by atoms with Crippen molar-refractivity contribution in [2.75, 3.05) is 0 Å². The third-order valence-electron chi connectivity index (χ3n) is 3.70. The lowest BCUT2D eigenvalue weighted by Crippen LogP contribution is -2.42. The van der Waals surface area contributed by atoms with Gasteiger partial charge in [0.2, 0.25) is 0 Å². The van der Waals surface area contributed by atoms with Gasteiger partial charge in [-0.1, -0.05) is 13.8 Å². The van der Waals surface area contributed by atoms with Gasteiger partial charge in [-0.05, 0) is 44.4 Å². The van der Waals surface area contributed by atoms with Crippen molar-refractivity contribution in [3.05, 3.63) is 28.6 Å². The molecule has 1 aromatic heterocycles. The van der Waals surface area contributed by atoms with Crippen LogP contribution in [-0.4, -0.2) is 28.6 Å². The maximum atomic E-state index is 12.1. The Balaban J connectivity index is 3.01. The Labute approximate surface area is 152 Å². The fourth-order valence-electron chi connectivity index (χ4n) is 2.41. The highest BCUT2D eigenvalue weighted by Gasteiger charge is 2.22. The molecule has 0 aliphatic carbocycles. The summed E-state index contributed by atoms with van der Waals surface area (Å²) in [6.45, 7) is 10.2. The van der Waals surface area contributed by atoms with E-state index >= 15 is 0 Å². The van der Waals surface area contributed by atoms with E-state index in [4.69, 9.17) is 10.5 Å². The number of hydrogen-bond donors (Lipinski definition) is 2. The van der Waals surface area contributed by atoms with E-state index in [-0.39, 0.29) is 5.57 Å². The van der Waals surface area contributed by atoms with E-state index in [1.165, 1.54) is 13.0 Å². The summed E-state index contributed by atoms with van der Waals surface area (Å²) < 4.78 is 7.03. The predicted octanol–water partition coefficient (Wildman–Crippen LogP) is 1.79. The van der Waals surface area contributed by atoms with Crippen LogP contribution in [0, 0.1) is 31.1 Å². The minimum Gasteiger partial charge on any atom is -0.448 e. The van der Waals surface area contributed by atoms with Crippen molar-refractivity contribution in [3.63, 3.8) is 0 Å². The predicted molar refractivity (Wildman–Crippen MR) is 95.6 cm³/mol. The van der Waals surface area contributed by atoms with Crippen molar-refractivity contribution in [1.29, 1.82) is 5.26 Å². The minimum absolute atomic E-state index is 0.242. The summed E-state index contributed by atoms with van der Waals surface area (Å²) >= 11 is 0. The molecule has 0 radical (unpaired) electrons. The SMILES string of the molecule is Cc1cc(/C=C(\C#N)C(=O)OC(C)C(=O)NC(N)=O)c(C)n1CC(C)C. The van der Waals surface area contributed by atoms with Gasteiger partial charge in [-0.2, -0.15) is 5.26 Å². The number of nitrogens with two attached hydrogens (primary N) is 1. The van der Waals surface area contributed by atoms with Crippen molar-refractivity contribution < 1.29 is 19.1 Å². The number of carbonyl (C=O) groups is 3. The number of urea groups is 1. The number of rotatable bonds is 6. The van der Waals surface area contributed by atoms with E-state index in [1.807, 2.05) is 25.2 Å². The molecule has 0 aliphatic rings. The summed E-state index contributed by atoms with van der Waals surface area (Å²) in [6.07, 6.45) is 0.167. The Bertz CT molecular complexity index is 784. The summed E-state index contributed by atoms with van der Waals surface area (Å²) in [5.41, 5.74) is 7.27. The molecule has 0 bridgehead atoms. The van der Waals surface area contributed by atoms with Gasteiger partial charge < -0.3 is 15.0 Å². The molecule has 1 atom stereocenters. The molecular formula is C18H24N4O4. The highest BCUT2D eigenvalue weighted by molar-refractivity contribution is 6.01. The second-order valence-corrected chi connectivity index (χ2v) is 6.40. The van der Waals surface area contributed by atoms with E-state index in [0.29, 0.717) is 5.92 Å². The van der Waals surface area contributed by atoms with E-state index in [0.717, 1.165) is 23.5 Å². The van der Waals surface area contributed by atoms with E-state index in [9.17, 15) is 19.6 Å². The average Bonchev–Trinajstić information content (AvgIpc) is 2.78. The van der Waals surface area contributed by atoms with Crippen LogP contribution in [0.15, 0.2) is 11.6 Å². The van der Waals surface area contributed by atoms with Crippen LogP contribution in [0.1, 0.15) is 37.7 Å². The molecule has 26 heavy (non-hydrogen) atoms. The Hall–Kier alpha value is -3.08. The molecule has 0 aromatic carbocycles. The van der Waals surface area contributed by atoms with Gasteiger partial charge in [-0.3, -0.25) is 10.1 Å². The lowest BCUT2D eigenvalue weighted by atomic mass is 10.1. The third kappa shape index (κ3) is 5.48. The first-order valence-corrected chi connectivity index (χ1v) is 8.16. The fraction of sp³-hybridized carbons (Fsp3) is 0.444. The molecule has 3 amide bonds. The molecule has 1 rings (SSSR count). The van der Waals surface area contributed by atoms with Crippen LogP contribution in [0.2, 0.25) is 0 Å². The van der Waals surface area contributed by atoms with Gasteiger partial charge in [-0.15, -0.1) is 0 Å². The number of hydrogen-bond acceptors (Lipinski definition) is 5. The van der Waals surface area contributed by atoms with Crippen LogP contribution < -0.4 is 11.1 Å². The molecule has 0 aliphatic heterocycles. The second-order valence-electron chi connectivity index (χ2n) is 6.40. The Morgan fingerprint density at radius 1 is 1.35 bits per heavy atom. The zero-order valence-electron chi connectivity index (χ0n) is 15.6. The number of nitrogens with zero attached hydrogens (tertiary/aromatic N) is 2. The van der Waals surface area contributed by atoms with E-state index in [2.05, 4.69) is 18.4 Å². The normalized spacial score (nSPS) is 12.4. The lowest BCUT2D eigenvalue weighted by Gasteiger charge is -2.12. The van der Waals surface area contributed by atoms with Crippen LogP contribution in [-0.2, 0) is 20.9 Å². The number of nitriles is 1. The molecule has 8 heteroatoms. The summed E-state index contributed by atoms with van der Waals surface area (Å²) in [5.74, 6) is -1.37. The Morgan fingerprint density at radius 2 is 1.96 bits per heavy atom. The quantitative estimate of drug-likeness (QED) is 0.454. The van der Waals surface area contributed by atoms with Crippen molar-refractivity contribution in [2.45, 2.75) is 47.3 Å². The van der Waals surface area contributed by atoms with Crippen molar-refractivity contribution in [1.82, 2.24) is 9.88 Å². The first-order chi connectivity index (χ1) is 12.1. The molecule has 8 nitrogen and oxygen atoms in total. The zero-order valence-corrected chi connectivity index (χ0v) is 15.6. The summed E-state index contributed by atoms with van der Waals surface area (Å²) in [6, 6.07) is 2.62. The van der Waals surface area contributed by atoms with Gasteiger partial charge in [0.15, 0.2) is 6.10 Å². The van der Waals surface area contributed by atoms with Crippen LogP contribution >= 0.6 is 0 Å². The van der Waals surface area contributed by atoms with E-state index < -0.39 is 24.0 Å². The Kier molecular flexibility index (Phi) is 7.14. The van der Waals surface area contributed by atoms with Crippen molar-refractivity contribution >= 4 is 24.0 Å². The first kappa shape index (κ1) is 21.0. The average molecular weight is 360 g/mol. The number of amides is 3. The molecule has 0 spiro atoms. The number of aromatic nitrogens is 1. The standard InChI is InChI=1S/C18H24N4O4/c1-10(2)9-22-11(3)6-14(12(22)4)7-15(8-19)17(24)26-13(5)16(23)21-18(20)25/h6-7,10,13H,9H2,1-5H3,(H3,20,21,23,25)/b15-7+. The fourth-order valence-corrected chi connectivity index (χ4v) is 2.41. The first-order valence-electron chi connectivity index (χ1n) is 8.16. The molecule has 3 N–H and O–H groups in total. The van der Waals surface area contributed by atoms with Gasteiger partial charge in [-0.25, -0.2) is 9.59 Å². The van der Waals surface area contributed by atoms with Gasteiger partial charge in [0.1, 0.15) is 11.6 Å². The number of esters is 1. The van der Waals surface area contributed by atoms with Gasteiger partial charge in [0.05, 0.1) is 0 Å². The smallest absolute Gasteiger partial charge is 0.349 e. The molecule has 140 valence electrons. The second kappa shape index (κ2) is 8.85.